The van der Waals surface area contributed by atoms with Crippen LogP contribution >= 0.6 is 0 Å². The molecule has 0 aliphatic rings. The largest absolute Gasteiger partial charge is 0.438 e. The van der Waals surface area contributed by atoms with Crippen LogP contribution in [-0.4, -0.2) is 48.9 Å². The molecule has 0 saturated heterocycles. The topological polar surface area (TPSA) is 135 Å². The Kier molecular flexibility index (Phi) is 7.58. The van der Waals surface area contributed by atoms with Crippen molar-refractivity contribution >= 4 is 36.4 Å². The van der Waals surface area contributed by atoms with Gasteiger partial charge in [0.2, 0.25) is 11.8 Å². The fourth-order valence-electron chi connectivity index (χ4n) is 4.05. The Hall–Kier alpha value is -4.62. The van der Waals surface area contributed by atoms with Gasteiger partial charge in [0.25, 0.3) is 5.69 Å². The average Bonchev–Trinajstić information content (AvgIpc) is 3.50. The van der Waals surface area contributed by atoms with Crippen LogP contribution in [0.2, 0.25) is 25.7 Å². The molecule has 1 N–H and O–H groups in total. The summed E-state index contributed by atoms with van der Waals surface area (Å²) in [5, 5.41) is 19.4. The molecule has 13 heteroatoms. The number of benzene rings is 1. The van der Waals surface area contributed by atoms with Crippen LogP contribution in [0.5, 0.6) is 11.6 Å². The number of aromatic nitrogens is 6. The molecular weight excluding hydrogens is 528 g/mol. The molecule has 4 heterocycles. The highest BCUT2D eigenvalue weighted by Gasteiger charge is 2.22. The van der Waals surface area contributed by atoms with E-state index in [1.165, 1.54) is 12.1 Å². The van der Waals surface area contributed by atoms with E-state index in [-0.39, 0.29) is 30.0 Å². The first-order valence-electron chi connectivity index (χ1n) is 12.7. The van der Waals surface area contributed by atoms with Gasteiger partial charge in [-0.25, -0.2) is 0 Å². The van der Waals surface area contributed by atoms with Crippen LogP contribution in [0, 0.1) is 10.1 Å². The number of nitrogens with zero attached hydrogens (tertiary/aromatic N) is 7. The predicted molar refractivity (Wildman–Crippen MR) is 155 cm³/mol. The quantitative estimate of drug-likeness (QED) is 0.0898. The van der Waals surface area contributed by atoms with E-state index < -0.39 is 13.0 Å². The first-order chi connectivity index (χ1) is 19.2. The molecule has 5 rings (SSSR count). The molecule has 0 saturated carbocycles. The predicted octanol–water partition coefficient (Wildman–Crippen LogP) is 5.98. The lowest BCUT2D eigenvalue weighted by atomic mass is 10.1. The van der Waals surface area contributed by atoms with Crippen molar-refractivity contribution in [2.45, 2.75) is 32.4 Å². The van der Waals surface area contributed by atoms with Gasteiger partial charge < -0.3 is 19.4 Å². The third kappa shape index (κ3) is 6.32. The van der Waals surface area contributed by atoms with Crippen LogP contribution in [-0.2, 0) is 18.5 Å². The van der Waals surface area contributed by atoms with Crippen LogP contribution in [0.15, 0.2) is 67.4 Å². The van der Waals surface area contributed by atoms with E-state index in [9.17, 15) is 10.1 Å². The molecule has 1 aromatic carbocycles. The molecule has 4 aromatic heterocycles. The number of hydrogen-bond acceptors (Lipinski definition) is 9. The summed E-state index contributed by atoms with van der Waals surface area (Å²) in [7, 11) is 0.549. The van der Waals surface area contributed by atoms with Gasteiger partial charge in [0, 0.05) is 63.7 Å². The maximum Gasteiger partial charge on any atom is 0.273 e. The Labute approximate surface area is 231 Å². The zero-order valence-corrected chi connectivity index (χ0v) is 23.7. The van der Waals surface area contributed by atoms with Gasteiger partial charge >= 0.3 is 0 Å². The van der Waals surface area contributed by atoms with E-state index in [1.54, 1.807) is 41.6 Å². The molecule has 0 fully saturated rings. The van der Waals surface area contributed by atoms with E-state index in [0.29, 0.717) is 23.3 Å². The minimum atomic E-state index is -1.27. The number of fused-ring (bicyclic) bond motifs is 1. The summed E-state index contributed by atoms with van der Waals surface area (Å²) in [5.41, 5.74) is 2.82. The maximum absolute atomic E-state index is 11.4. The molecule has 40 heavy (non-hydrogen) atoms. The lowest BCUT2D eigenvalue weighted by Crippen LogP contribution is -2.22. The van der Waals surface area contributed by atoms with Crippen LogP contribution in [0.1, 0.15) is 0 Å². The number of anilines is 2. The summed E-state index contributed by atoms with van der Waals surface area (Å²) in [6.07, 6.45) is 8.86. The number of hydrogen-bond donors (Lipinski definition) is 1. The van der Waals surface area contributed by atoms with E-state index in [0.717, 1.165) is 17.2 Å². The molecule has 0 amide bonds. The fraction of sp³-hybridized carbons (Fsp3) is 0.259. The zero-order chi connectivity index (χ0) is 28.3. The molecule has 0 radical (unpaired) electrons. The first-order valence-corrected chi connectivity index (χ1v) is 16.4. The summed E-state index contributed by atoms with van der Waals surface area (Å²) in [5.74, 6) is 0.787. The Balaban J connectivity index is 1.63. The van der Waals surface area contributed by atoms with Crippen LogP contribution < -0.4 is 10.1 Å². The van der Waals surface area contributed by atoms with Crippen molar-refractivity contribution in [2.75, 3.05) is 11.9 Å². The second-order valence-corrected chi connectivity index (χ2v) is 16.2. The van der Waals surface area contributed by atoms with Gasteiger partial charge in [0.15, 0.2) is 5.65 Å². The van der Waals surface area contributed by atoms with Crippen LogP contribution in [0.4, 0.5) is 17.3 Å². The second kappa shape index (κ2) is 11.2. The smallest absolute Gasteiger partial charge is 0.273 e. The highest BCUT2D eigenvalue weighted by atomic mass is 28.3. The fourth-order valence-corrected chi connectivity index (χ4v) is 4.81. The number of pyridine rings is 1. The minimum Gasteiger partial charge on any atom is -0.438 e. The molecule has 5 aromatic rings. The van der Waals surface area contributed by atoms with Crippen molar-refractivity contribution in [3.8, 4) is 22.8 Å². The van der Waals surface area contributed by atoms with Crippen LogP contribution in [0.3, 0.4) is 0 Å². The maximum atomic E-state index is 11.4. The molecule has 0 unspecified atom stereocenters. The third-order valence-corrected chi connectivity index (χ3v) is 7.79. The average molecular weight is 559 g/mol. The van der Waals surface area contributed by atoms with E-state index in [2.05, 4.69) is 40.0 Å². The molecule has 206 valence electrons. The van der Waals surface area contributed by atoms with Crippen molar-refractivity contribution in [1.82, 2.24) is 29.3 Å². The standard InChI is InChI=1S/C27H30N8O4Si/c1-33-16-20(15-29-33)30-27-31-25-24(26(32-27)39-22-9-5-8-21(13-22)35(36)37)23(19-7-6-10-28-14-19)17-34(25)18-38-11-12-40(2,3)4/h5-10,13-17H,11-12,18H2,1-4H3,(H,30,31,32). The summed E-state index contributed by atoms with van der Waals surface area (Å²) in [4.78, 5) is 24.7. The summed E-state index contributed by atoms with van der Waals surface area (Å²) < 4.78 is 15.9. The number of nitro benzene ring substituents is 1. The summed E-state index contributed by atoms with van der Waals surface area (Å²) in [6, 6.07) is 10.8. The van der Waals surface area contributed by atoms with Crippen molar-refractivity contribution in [2.24, 2.45) is 7.05 Å². The van der Waals surface area contributed by atoms with E-state index in [1.807, 2.05) is 29.9 Å². The van der Waals surface area contributed by atoms with Gasteiger partial charge in [-0.05, 0) is 18.2 Å². The van der Waals surface area contributed by atoms with Gasteiger partial charge in [-0.15, -0.1) is 0 Å². The Bertz CT molecular complexity index is 1650. The normalized spacial score (nSPS) is 11.6. The Morgan fingerprint density at radius 3 is 2.65 bits per heavy atom. The molecule has 12 nitrogen and oxygen atoms in total. The SMILES string of the molecule is Cn1cc(Nc2nc(Oc3cccc([N+](=O)[O-])c3)c3c(-c4cccnc4)cn(COCC[Si](C)(C)C)c3n2)cn1. The van der Waals surface area contributed by atoms with Gasteiger partial charge in [0.1, 0.15) is 12.5 Å². The van der Waals surface area contributed by atoms with Gasteiger partial charge in [-0.2, -0.15) is 15.1 Å². The van der Waals surface area contributed by atoms with Gasteiger partial charge in [-0.3, -0.25) is 19.8 Å². The number of nitrogens with one attached hydrogen (secondary N) is 1. The molecular formula is C27H30N8O4Si. The van der Waals surface area contributed by atoms with Crippen molar-refractivity contribution in [3.63, 3.8) is 0 Å². The van der Waals surface area contributed by atoms with E-state index >= 15 is 0 Å². The van der Waals surface area contributed by atoms with E-state index in [4.69, 9.17) is 14.5 Å². The number of ether oxygens (including phenoxy) is 2. The highest BCUT2D eigenvalue weighted by molar-refractivity contribution is 6.76. The summed E-state index contributed by atoms with van der Waals surface area (Å²) in [6.45, 7) is 7.84. The number of rotatable bonds is 11. The Morgan fingerprint density at radius 1 is 1.10 bits per heavy atom. The Morgan fingerprint density at radius 2 is 1.95 bits per heavy atom. The molecule has 0 aliphatic carbocycles. The lowest BCUT2D eigenvalue weighted by Gasteiger charge is -2.15. The molecule has 0 spiro atoms. The first kappa shape index (κ1) is 27.0. The zero-order valence-electron chi connectivity index (χ0n) is 22.7. The van der Waals surface area contributed by atoms with Gasteiger partial charge in [0.05, 0.1) is 28.3 Å². The number of nitro groups is 1. The van der Waals surface area contributed by atoms with Crippen LogP contribution in [0.25, 0.3) is 22.2 Å². The lowest BCUT2D eigenvalue weighted by molar-refractivity contribution is -0.384. The van der Waals surface area contributed by atoms with Crippen molar-refractivity contribution < 1.29 is 14.4 Å². The molecule has 0 atom stereocenters. The van der Waals surface area contributed by atoms with Gasteiger partial charge in [-0.1, -0.05) is 31.8 Å². The number of non-ortho nitro benzene ring substituents is 1. The summed E-state index contributed by atoms with van der Waals surface area (Å²) >= 11 is 0. The molecule has 0 bridgehead atoms. The molecule has 0 aliphatic heterocycles. The minimum absolute atomic E-state index is 0.0858. The third-order valence-electron chi connectivity index (χ3n) is 6.09. The highest BCUT2D eigenvalue weighted by Crippen LogP contribution is 2.38. The second-order valence-electron chi connectivity index (χ2n) is 10.5. The number of aryl methyl sites for hydroxylation is 1. The van der Waals surface area contributed by atoms with Crippen molar-refractivity contribution in [1.29, 1.82) is 0 Å². The monoisotopic (exact) mass is 558 g/mol. The van der Waals surface area contributed by atoms with Crippen molar-refractivity contribution in [3.05, 3.63) is 77.5 Å².